The minimum atomic E-state index is -3.59. The summed E-state index contributed by atoms with van der Waals surface area (Å²) < 4.78 is 30.1. The van der Waals surface area contributed by atoms with Gasteiger partial charge in [-0.25, -0.2) is 0 Å². The van der Waals surface area contributed by atoms with Crippen LogP contribution in [0.4, 0.5) is 0 Å². The standard InChI is InChI=1S/C22H30NO5P/c1-4-26-22(24)20(17-18-13-9-7-10-14-18)23-21(19-15-11-8-12-16-19)29(25,27-5-2)28-6-3/h7-16,20-21,23H,4-6,17H2,1-3H3/t20-,21?/m0/s1. The Kier molecular flexibility index (Phi) is 9.55. The average molecular weight is 419 g/mol. The zero-order valence-electron chi connectivity index (χ0n) is 17.2. The largest absolute Gasteiger partial charge is 0.465 e. The second kappa shape index (κ2) is 11.9. The number of hydrogen-bond donors (Lipinski definition) is 1. The zero-order chi connectivity index (χ0) is 21.1. The molecule has 0 aliphatic rings. The summed E-state index contributed by atoms with van der Waals surface area (Å²) in [6.07, 6.45) is 0.390. The fourth-order valence-corrected chi connectivity index (χ4v) is 5.04. The number of ether oxygens (including phenoxy) is 1. The molecule has 0 bridgehead atoms. The van der Waals surface area contributed by atoms with Crippen LogP contribution in [-0.2, 0) is 29.6 Å². The molecule has 2 rings (SSSR count). The van der Waals surface area contributed by atoms with Crippen molar-refractivity contribution in [3.63, 3.8) is 0 Å². The van der Waals surface area contributed by atoms with Gasteiger partial charge in [-0.05, 0) is 38.3 Å². The number of hydrogen-bond acceptors (Lipinski definition) is 6. The summed E-state index contributed by atoms with van der Waals surface area (Å²) in [5.41, 5.74) is 1.69. The summed E-state index contributed by atoms with van der Waals surface area (Å²) in [6.45, 7) is 6.00. The van der Waals surface area contributed by atoms with Crippen LogP contribution in [0.25, 0.3) is 0 Å². The molecule has 2 aromatic carbocycles. The van der Waals surface area contributed by atoms with Gasteiger partial charge in [-0.15, -0.1) is 0 Å². The first-order valence-corrected chi connectivity index (χ1v) is 11.6. The molecule has 0 spiro atoms. The van der Waals surface area contributed by atoms with Gasteiger partial charge in [0.25, 0.3) is 0 Å². The Morgan fingerprint density at radius 3 is 1.97 bits per heavy atom. The summed E-state index contributed by atoms with van der Waals surface area (Å²) in [5, 5.41) is 3.23. The first-order valence-electron chi connectivity index (χ1n) is 9.94. The molecule has 0 amide bonds. The van der Waals surface area contributed by atoms with Gasteiger partial charge in [-0.1, -0.05) is 60.7 Å². The maximum atomic E-state index is 13.6. The van der Waals surface area contributed by atoms with E-state index in [1.807, 2.05) is 60.7 Å². The number of esters is 1. The number of nitrogens with one attached hydrogen (secondary N) is 1. The van der Waals surface area contributed by atoms with E-state index in [1.54, 1.807) is 20.8 Å². The van der Waals surface area contributed by atoms with Crippen LogP contribution in [-0.4, -0.2) is 31.8 Å². The molecule has 29 heavy (non-hydrogen) atoms. The van der Waals surface area contributed by atoms with Crippen molar-refractivity contribution in [3.8, 4) is 0 Å². The van der Waals surface area contributed by atoms with Gasteiger partial charge in [0.1, 0.15) is 11.8 Å². The fourth-order valence-electron chi connectivity index (χ4n) is 3.05. The van der Waals surface area contributed by atoms with E-state index in [0.29, 0.717) is 6.42 Å². The summed E-state index contributed by atoms with van der Waals surface area (Å²) >= 11 is 0. The van der Waals surface area contributed by atoms with Gasteiger partial charge in [0.15, 0.2) is 0 Å². The van der Waals surface area contributed by atoms with E-state index in [1.165, 1.54) is 0 Å². The van der Waals surface area contributed by atoms with E-state index in [-0.39, 0.29) is 19.8 Å². The van der Waals surface area contributed by atoms with E-state index >= 15 is 0 Å². The molecule has 0 aliphatic heterocycles. The van der Waals surface area contributed by atoms with Crippen LogP contribution < -0.4 is 5.32 Å². The molecule has 0 heterocycles. The third-order valence-corrected chi connectivity index (χ3v) is 6.58. The van der Waals surface area contributed by atoms with Crippen molar-refractivity contribution in [2.45, 2.75) is 39.0 Å². The van der Waals surface area contributed by atoms with E-state index in [9.17, 15) is 9.36 Å². The Labute approximate surface area is 173 Å². The minimum absolute atomic E-state index is 0.227. The number of benzene rings is 2. The molecule has 0 saturated carbocycles. The van der Waals surface area contributed by atoms with Gasteiger partial charge in [0, 0.05) is 0 Å². The van der Waals surface area contributed by atoms with E-state index in [4.69, 9.17) is 13.8 Å². The predicted molar refractivity (Wildman–Crippen MR) is 114 cm³/mol. The lowest BCUT2D eigenvalue weighted by Crippen LogP contribution is -2.42. The molecule has 1 unspecified atom stereocenters. The lowest BCUT2D eigenvalue weighted by atomic mass is 10.1. The van der Waals surface area contributed by atoms with Crippen molar-refractivity contribution in [2.24, 2.45) is 0 Å². The van der Waals surface area contributed by atoms with Gasteiger partial charge in [0.05, 0.1) is 19.8 Å². The molecule has 158 valence electrons. The molecule has 0 aliphatic carbocycles. The van der Waals surface area contributed by atoms with Crippen molar-refractivity contribution < 1.29 is 23.1 Å². The highest BCUT2D eigenvalue weighted by Crippen LogP contribution is 2.59. The van der Waals surface area contributed by atoms with Gasteiger partial charge >= 0.3 is 13.6 Å². The Bertz CT molecular complexity index is 774. The van der Waals surface area contributed by atoms with Crippen LogP contribution in [0.15, 0.2) is 60.7 Å². The highest BCUT2D eigenvalue weighted by molar-refractivity contribution is 7.54. The number of carbonyl (C=O) groups is 1. The van der Waals surface area contributed by atoms with Gasteiger partial charge in [-0.2, -0.15) is 0 Å². The normalized spacial score (nSPS) is 13.6. The molecule has 0 fully saturated rings. The van der Waals surface area contributed by atoms with Gasteiger partial charge in [-0.3, -0.25) is 14.7 Å². The van der Waals surface area contributed by atoms with Crippen LogP contribution in [0.1, 0.15) is 37.7 Å². The molecule has 0 radical (unpaired) electrons. The Morgan fingerprint density at radius 2 is 1.45 bits per heavy atom. The molecule has 7 heteroatoms. The third-order valence-electron chi connectivity index (χ3n) is 4.26. The minimum Gasteiger partial charge on any atom is -0.465 e. The molecule has 2 atom stereocenters. The predicted octanol–water partition coefficient (Wildman–Crippen LogP) is 4.72. The summed E-state index contributed by atoms with van der Waals surface area (Å²) in [4.78, 5) is 12.7. The monoisotopic (exact) mass is 419 g/mol. The molecular formula is C22H30NO5P. The fraction of sp³-hybridized carbons (Fsp3) is 0.409. The maximum absolute atomic E-state index is 13.6. The average Bonchev–Trinajstić information content (AvgIpc) is 2.73. The lowest BCUT2D eigenvalue weighted by Gasteiger charge is -2.30. The topological polar surface area (TPSA) is 73.9 Å². The Balaban J connectivity index is 2.40. The molecule has 0 saturated heterocycles. The van der Waals surface area contributed by atoms with Crippen LogP contribution in [0.3, 0.4) is 0 Å². The molecule has 1 N–H and O–H groups in total. The summed E-state index contributed by atoms with van der Waals surface area (Å²) in [5.74, 6) is -1.21. The van der Waals surface area contributed by atoms with E-state index in [0.717, 1.165) is 11.1 Å². The maximum Gasteiger partial charge on any atom is 0.351 e. The Morgan fingerprint density at radius 1 is 0.897 bits per heavy atom. The molecular weight excluding hydrogens is 389 g/mol. The summed E-state index contributed by atoms with van der Waals surface area (Å²) in [6, 6.07) is 18.2. The lowest BCUT2D eigenvalue weighted by molar-refractivity contribution is -0.145. The van der Waals surface area contributed by atoms with Crippen molar-refractivity contribution in [1.82, 2.24) is 5.32 Å². The van der Waals surface area contributed by atoms with Gasteiger partial charge < -0.3 is 13.8 Å². The SMILES string of the molecule is CCOC(=O)[C@H](Cc1ccccc1)NC(c1ccccc1)P(=O)(OCC)OCC. The second-order valence-electron chi connectivity index (χ2n) is 6.35. The summed E-state index contributed by atoms with van der Waals surface area (Å²) in [7, 11) is -3.59. The zero-order valence-corrected chi connectivity index (χ0v) is 18.1. The first kappa shape index (κ1) is 23.3. The van der Waals surface area contributed by atoms with E-state index in [2.05, 4.69) is 5.32 Å². The van der Waals surface area contributed by atoms with Crippen molar-refractivity contribution >= 4 is 13.6 Å². The number of carbonyl (C=O) groups excluding carboxylic acids is 1. The highest BCUT2D eigenvalue weighted by Gasteiger charge is 2.39. The van der Waals surface area contributed by atoms with Crippen LogP contribution in [0.5, 0.6) is 0 Å². The van der Waals surface area contributed by atoms with Crippen LogP contribution >= 0.6 is 7.60 Å². The van der Waals surface area contributed by atoms with Crippen molar-refractivity contribution in [1.29, 1.82) is 0 Å². The van der Waals surface area contributed by atoms with Crippen molar-refractivity contribution in [2.75, 3.05) is 19.8 Å². The Hall–Kier alpha value is -1.98. The third kappa shape index (κ3) is 6.79. The van der Waals surface area contributed by atoms with Crippen LogP contribution in [0, 0.1) is 0 Å². The molecule has 2 aromatic rings. The quantitative estimate of drug-likeness (QED) is 0.397. The molecule has 6 nitrogen and oxygen atoms in total. The highest BCUT2D eigenvalue weighted by atomic mass is 31.2. The van der Waals surface area contributed by atoms with E-state index < -0.39 is 25.4 Å². The van der Waals surface area contributed by atoms with Crippen molar-refractivity contribution in [3.05, 3.63) is 71.8 Å². The first-order chi connectivity index (χ1) is 14.0. The van der Waals surface area contributed by atoms with Gasteiger partial charge in [0.2, 0.25) is 0 Å². The smallest absolute Gasteiger partial charge is 0.351 e. The molecule has 0 aromatic heterocycles. The van der Waals surface area contributed by atoms with Crippen LogP contribution in [0.2, 0.25) is 0 Å². The second-order valence-corrected chi connectivity index (χ2v) is 8.46. The number of rotatable bonds is 12.